The van der Waals surface area contributed by atoms with Gasteiger partial charge in [-0.15, -0.1) is 0 Å². The zero-order chi connectivity index (χ0) is 26.9. The Bertz CT molecular complexity index is 1490. The van der Waals surface area contributed by atoms with Crippen molar-refractivity contribution in [3.8, 4) is 11.5 Å². The maximum absolute atomic E-state index is 13.0. The van der Waals surface area contributed by atoms with Crippen molar-refractivity contribution in [1.29, 1.82) is 0 Å². The minimum Gasteiger partial charge on any atom is -0.450 e. The molecule has 3 aromatic rings. The molecular weight excluding hydrogens is 535 g/mol. The highest BCUT2D eigenvalue weighted by Gasteiger charge is 2.35. The first-order valence-electron chi connectivity index (χ1n) is 10.1. The van der Waals surface area contributed by atoms with Gasteiger partial charge in [0.15, 0.2) is 4.32 Å². The number of alkyl halides is 3. The summed E-state index contributed by atoms with van der Waals surface area (Å²) in [5.41, 5.74) is -1.60. The SMILES string of the molecule is O=C1/C(=C/c2cccc(Oc3ccc(C(F)(F)F)cc3[N+](=O)[O-])c2)SC(=S)N1c1cccc([N+](=O)[O-])c1. The highest BCUT2D eigenvalue weighted by atomic mass is 32.2. The molecular formula is C23H12F3N3O6S2. The van der Waals surface area contributed by atoms with Crippen LogP contribution in [-0.4, -0.2) is 20.1 Å². The molecule has 188 valence electrons. The molecule has 0 radical (unpaired) electrons. The quantitative estimate of drug-likeness (QED) is 0.145. The molecule has 3 aromatic carbocycles. The maximum atomic E-state index is 13.0. The number of benzene rings is 3. The lowest BCUT2D eigenvalue weighted by Gasteiger charge is -2.14. The van der Waals surface area contributed by atoms with Crippen LogP contribution in [0.3, 0.4) is 0 Å². The molecule has 0 atom stereocenters. The molecule has 1 fully saturated rings. The molecule has 1 aliphatic rings. The van der Waals surface area contributed by atoms with Gasteiger partial charge in [-0.3, -0.25) is 29.9 Å². The van der Waals surface area contributed by atoms with E-state index in [1.165, 1.54) is 48.5 Å². The molecule has 0 N–H and O–H groups in total. The number of amides is 1. The van der Waals surface area contributed by atoms with Crippen LogP contribution in [0.4, 0.5) is 30.2 Å². The number of nitro benzene ring substituents is 2. The minimum absolute atomic E-state index is 0.0748. The van der Waals surface area contributed by atoms with Gasteiger partial charge >= 0.3 is 11.9 Å². The van der Waals surface area contributed by atoms with E-state index in [9.17, 15) is 38.2 Å². The molecule has 0 bridgehead atoms. The topological polar surface area (TPSA) is 116 Å². The monoisotopic (exact) mass is 547 g/mol. The second-order valence-corrected chi connectivity index (χ2v) is 9.08. The number of halogens is 3. The molecule has 0 aromatic heterocycles. The first kappa shape index (κ1) is 25.8. The van der Waals surface area contributed by atoms with E-state index in [1.807, 2.05) is 0 Å². The predicted molar refractivity (Wildman–Crippen MR) is 133 cm³/mol. The number of rotatable bonds is 6. The Morgan fingerprint density at radius 2 is 1.70 bits per heavy atom. The molecule has 4 rings (SSSR count). The zero-order valence-corrected chi connectivity index (χ0v) is 19.8. The summed E-state index contributed by atoms with van der Waals surface area (Å²) in [6.07, 6.45) is -3.29. The minimum atomic E-state index is -4.76. The first-order valence-corrected chi connectivity index (χ1v) is 11.3. The first-order chi connectivity index (χ1) is 17.4. The fourth-order valence-corrected chi connectivity index (χ4v) is 4.60. The van der Waals surface area contributed by atoms with Gasteiger partial charge in [-0.25, -0.2) is 0 Å². The average molecular weight is 547 g/mol. The average Bonchev–Trinajstić information content (AvgIpc) is 3.11. The summed E-state index contributed by atoms with van der Waals surface area (Å²) in [6, 6.07) is 13.4. The fourth-order valence-electron chi connectivity index (χ4n) is 3.30. The Labute approximate surface area is 215 Å². The molecule has 37 heavy (non-hydrogen) atoms. The number of carbonyl (C=O) groups excluding carboxylic acids is 1. The number of hydrogen-bond donors (Lipinski definition) is 0. The number of anilines is 1. The molecule has 0 unspecified atom stereocenters. The van der Waals surface area contributed by atoms with Gasteiger partial charge in [-0.05, 0) is 42.0 Å². The Morgan fingerprint density at radius 3 is 2.38 bits per heavy atom. The smallest absolute Gasteiger partial charge is 0.416 e. The van der Waals surface area contributed by atoms with Crippen LogP contribution in [0.25, 0.3) is 6.08 Å². The number of nitro groups is 2. The fraction of sp³-hybridized carbons (Fsp3) is 0.0435. The van der Waals surface area contributed by atoms with E-state index < -0.39 is 38.9 Å². The summed E-state index contributed by atoms with van der Waals surface area (Å²) in [5.74, 6) is -0.835. The van der Waals surface area contributed by atoms with Crippen LogP contribution >= 0.6 is 24.0 Å². The van der Waals surface area contributed by atoms with Crippen LogP contribution in [0.1, 0.15) is 11.1 Å². The Morgan fingerprint density at radius 1 is 0.973 bits per heavy atom. The third kappa shape index (κ3) is 5.59. The number of thioether (sulfide) groups is 1. The third-order valence-electron chi connectivity index (χ3n) is 4.96. The second-order valence-electron chi connectivity index (χ2n) is 7.41. The molecule has 0 saturated carbocycles. The van der Waals surface area contributed by atoms with Gasteiger partial charge in [0.25, 0.3) is 11.6 Å². The molecule has 1 amide bonds. The van der Waals surface area contributed by atoms with E-state index in [2.05, 4.69) is 0 Å². The summed E-state index contributed by atoms with van der Waals surface area (Å²) < 4.78 is 44.5. The molecule has 1 saturated heterocycles. The van der Waals surface area contributed by atoms with Gasteiger partial charge in [0, 0.05) is 18.2 Å². The summed E-state index contributed by atoms with van der Waals surface area (Å²) in [7, 11) is 0. The number of carbonyl (C=O) groups is 1. The molecule has 14 heteroatoms. The van der Waals surface area contributed by atoms with Gasteiger partial charge in [0.05, 0.1) is 26.0 Å². The lowest BCUT2D eigenvalue weighted by atomic mass is 10.1. The van der Waals surface area contributed by atoms with Crippen molar-refractivity contribution in [1.82, 2.24) is 0 Å². The van der Waals surface area contributed by atoms with Crippen molar-refractivity contribution in [3.05, 3.63) is 103 Å². The number of hydrogen-bond acceptors (Lipinski definition) is 8. The third-order valence-corrected chi connectivity index (χ3v) is 6.26. The van der Waals surface area contributed by atoms with Crippen molar-refractivity contribution in [2.75, 3.05) is 4.90 Å². The summed E-state index contributed by atoms with van der Waals surface area (Å²) >= 11 is 6.25. The predicted octanol–water partition coefficient (Wildman–Crippen LogP) is 6.72. The standard InChI is InChI=1S/C23H12F3N3O6S2/c24-23(25,26)14-7-8-19(18(11-14)29(33)34)35-17-6-1-3-13(9-17)10-20-21(30)27(22(36)37-20)15-4-2-5-16(12-15)28(31)32/h1-12H/b20-10-. The lowest BCUT2D eigenvalue weighted by molar-refractivity contribution is -0.385. The van der Waals surface area contributed by atoms with Crippen molar-refractivity contribution in [2.45, 2.75) is 6.18 Å². The van der Waals surface area contributed by atoms with Crippen molar-refractivity contribution in [3.63, 3.8) is 0 Å². The normalized spacial score (nSPS) is 14.8. The Kier molecular flexibility index (Phi) is 6.96. The Hall–Kier alpha value is -4.30. The van der Waals surface area contributed by atoms with Gasteiger partial charge in [-0.1, -0.05) is 42.2 Å². The van der Waals surface area contributed by atoms with Gasteiger partial charge in [0.2, 0.25) is 5.75 Å². The lowest BCUT2D eigenvalue weighted by Crippen LogP contribution is -2.27. The molecule has 0 spiro atoms. The largest absolute Gasteiger partial charge is 0.450 e. The van der Waals surface area contributed by atoms with E-state index in [0.29, 0.717) is 17.7 Å². The van der Waals surface area contributed by atoms with Crippen LogP contribution in [0.5, 0.6) is 11.5 Å². The number of non-ortho nitro benzene ring substituents is 1. The number of nitrogens with zero attached hydrogens (tertiary/aromatic N) is 3. The van der Waals surface area contributed by atoms with Crippen molar-refractivity contribution < 1.29 is 32.5 Å². The number of ether oxygens (including phenoxy) is 1. The van der Waals surface area contributed by atoms with Crippen LogP contribution < -0.4 is 9.64 Å². The van der Waals surface area contributed by atoms with Crippen molar-refractivity contribution >= 4 is 57.3 Å². The van der Waals surface area contributed by atoms with E-state index in [1.54, 1.807) is 6.07 Å². The Balaban J connectivity index is 1.60. The maximum Gasteiger partial charge on any atom is 0.416 e. The summed E-state index contributed by atoms with van der Waals surface area (Å²) in [6.45, 7) is 0. The van der Waals surface area contributed by atoms with E-state index in [4.69, 9.17) is 17.0 Å². The van der Waals surface area contributed by atoms with Gasteiger partial charge < -0.3 is 4.74 Å². The molecule has 1 heterocycles. The highest BCUT2D eigenvalue weighted by Crippen LogP contribution is 2.39. The molecule has 9 nitrogen and oxygen atoms in total. The molecule has 0 aliphatic carbocycles. The summed E-state index contributed by atoms with van der Waals surface area (Å²) in [5, 5.41) is 22.4. The van der Waals surface area contributed by atoms with E-state index >= 15 is 0 Å². The molecule has 1 aliphatic heterocycles. The van der Waals surface area contributed by atoms with E-state index in [0.717, 1.165) is 22.7 Å². The van der Waals surface area contributed by atoms with E-state index in [-0.39, 0.29) is 26.3 Å². The number of thiocarbonyl (C=S) groups is 1. The van der Waals surface area contributed by atoms with Gasteiger partial charge in [0.1, 0.15) is 5.75 Å². The van der Waals surface area contributed by atoms with Crippen LogP contribution in [0.2, 0.25) is 0 Å². The highest BCUT2D eigenvalue weighted by molar-refractivity contribution is 8.27. The zero-order valence-electron chi connectivity index (χ0n) is 18.2. The van der Waals surface area contributed by atoms with Crippen LogP contribution in [0, 0.1) is 20.2 Å². The van der Waals surface area contributed by atoms with Crippen LogP contribution in [0.15, 0.2) is 71.6 Å². The second kappa shape index (κ2) is 9.99. The van der Waals surface area contributed by atoms with Crippen LogP contribution in [-0.2, 0) is 11.0 Å². The summed E-state index contributed by atoms with van der Waals surface area (Å²) in [4.78, 5) is 35.2. The van der Waals surface area contributed by atoms with Crippen molar-refractivity contribution in [2.24, 2.45) is 0 Å². The van der Waals surface area contributed by atoms with Gasteiger partial charge in [-0.2, -0.15) is 13.2 Å².